The molecule has 134 valence electrons. The Morgan fingerprint density at radius 2 is 2.00 bits per heavy atom. The quantitative estimate of drug-likeness (QED) is 0.854. The second-order valence-electron chi connectivity index (χ2n) is 6.64. The highest BCUT2D eigenvalue weighted by Gasteiger charge is 2.40. The molecule has 0 aromatic heterocycles. The molecule has 7 nitrogen and oxygen atoms in total. The Morgan fingerprint density at radius 1 is 1.28 bits per heavy atom. The van der Waals surface area contributed by atoms with Crippen LogP contribution in [0.1, 0.15) is 35.7 Å². The Bertz CT molecular complexity index is 709. The van der Waals surface area contributed by atoms with E-state index in [4.69, 9.17) is 4.74 Å². The highest BCUT2D eigenvalue weighted by Crippen LogP contribution is 2.31. The smallest absolute Gasteiger partial charge is 0.311 e. The summed E-state index contributed by atoms with van der Waals surface area (Å²) in [5, 5.41) is 12.3. The number of ether oxygens (including phenoxy) is 1. The maximum Gasteiger partial charge on any atom is 0.311 e. The van der Waals surface area contributed by atoms with Crippen molar-refractivity contribution in [1.82, 2.24) is 5.32 Å². The standard InChI is InChI=1S/C18H22N2O5/c1-12(21)20-7-4-13-10-14(2-3-15(13)20)16(22)19-11-18(17(23)24)5-8-25-9-6-18/h2-3,10H,4-9,11H2,1H3,(H,19,22)(H,23,24). The lowest BCUT2D eigenvalue weighted by molar-refractivity contribution is -0.154. The summed E-state index contributed by atoms with van der Waals surface area (Å²) in [5.41, 5.74) is 1.32. The van der Waals surface area contributed by atoms with Gasteiger partial charge in [0.1, 0.15) is 0 Å². The number of hydrogen-bond donors (Lipinski definition) is 2. The predicted molar refractivity (Wildman–Crippen MR) is 90.6 cm³/mol. The number of anilines is 1. The Morgan fingerprint density at radius 3 is 2.64 bits per heavy atom. The van der Waals surface area contributed by atoms with Crippen molar-refractivity contribution in [3.05, 3.63) is 29.3 Å². The molecule has 0 saturated carbocycles. The van der Waals surface area contributed by atoms with Gasteiger partial charge in [0.2, 0.25) is 5.91 Å². The summed E-state index contributed by atoms with van der Waals surface area (Å²) < 4.78 is 5.24. The van der Waals surface area contributed by atoms with Crippen LogP contribution in [0.3, 0.4) is 0 Å². The van der Waals surface area contributed by atoms with Crippen LogP contribution in [0.15, 0.2) is 18.2 Å². The van der Waals surface area contributed by atoms with Gasteiger partial charge in [0.25, 0.3) is 5.91 Å². The van der Waals surface area contributed by atoms with E-state index in [9.17, 15) is 19.5 Å². The van der Waals surface area contributed by atoms with Crippen molar-refractivity contribution >= 4 is 23.5 Å². The van der Waals surface area contributed by atoms with Crippen molar-refractivity contribution < 1.29 is 24.2 Å². The molecular weight excluding hydrogens is 324 g/mol. The molecule has 1 saturated heterocycles. The number of carbonyl (C=O) groups is 3. The molecule has 2 aliphatic heterocycles. The van der Waals surface area contributed by atoms with Gasteiger partial charge in [-0.05, 0) is 43.0 Å². The van der Waals surface area contributed by atoms with Crippen molar-refractivity contribution in [2.24, 2.45) is 5.41 Å². The Kier molecular flexibility index (Phi) is 4.76. The molecule has 25 heavy (non-hydrogen) atoms. The fraction of sp³-hybridized carbons (Fsp3) is 0.500. The highest BCUT2D eigenvalue weighted by molar-refractivity contribution is 5.98. The van der Waals surface area contributed by atoms with Gasteiger partial charge < -0.3 is 20.1 Å². The predicted octanol–water partition coefficient (Wildman–Crippen LogP) is 1.21. The molecule has 1 aromatic carbocycles. The number of nitrogens with zero attached hydrogens (tertiary/aromatic N) is 1. The first-order chi connectivity index (χ1) is 11.9. The lowest BCUT2D eigenvalue weighted by atomic mass is 9.80. The third kappa shape index (κ3) is 3.37. The van der Waals surface area contributed by atoms with Gasteiger partial charge in [-0.1, -0.05) is 0 Å². The molecule has 2 N–H and O–H groups in total. The average Bonchev–Trinajstić information content (AvgIpc) is 3.03. The second-order valence-corrected chi connectivity index (χ2v) is 6.64. The van der Waals surface area contributed by atoms with Gasteiger partial charge in [-0.25, -0.2) is 0 Å². The van der Waals surface area contributed by atoms with Crippen LogP contribution in [0.5, 0.6) is 0 Å². The van der Waals surface area contributed by atoms with Crippen LogP contribution >= 0.6 is 0 Å². The van der Waals surface area contributed by atoms with Crippen LogP contribution in [-0.2, 0) is 20.7 Å². The van der Waals surface area contributed by atoms with Gasteiger partial charge in [-0.15, -0.1) is 0 Å². The van der Waals surface area contributed by atoms with Gasteiger partial charge in [-0.2, -0.15) is 0 Å². The number of hydrogen-bond acceptors (Lipinski definition) is 4. The number of carboxylic acid groups (broad SMARTS) is 1. The van der Waals surface area contributed by atoms with Crippen LogP contribution in [-0.4, -0.2) is 49.2 Å². The molecule has 0 aliphatic carbocycles. The number of aliphatic carboxylic acids is 1. The SMILES string of the molecule is CC(=O)N1CCc2cc(C(=O)NCC3(C(=O)O)CCOCC3)ccc21. The summed E-state index contributed by atoms with van der Waals surface area (Å²) in [4.78, 5) is 37.4. The Balaban J connectivity index is 1.70. The molecule has 2 amide bonds. The zero-order chi connectivity index (χ0) is 18.0. The topological polar surface area (TPSA) is 95.9 Å². The Labute approximate surface area is 146 Å². The molecule has 1 aromatic rings. The minimum atomic E-state index is -0.962. The van der Waals surface area contributed by atoms with E-state index >= 15 is 0 Å². The van der Waals surface area contributed by atoms with Crippen LogP contribution in [0.25, 0.3) is 0 Å². The number of nitrogens with one attached hydrogen (secondary N) is 1. The first-order valence-corrected chi connectivity index (χ1v) is 8.43. The molecule has 0 spiro atoms. The molecule has 0 unspecified atom stereocenters. The van der Waals surface area contributed by atoms with Crippen molar-refractivity contribution in [3.8, 4) is 0 Å². The zero-order valence-electron chi connectivity index (χ0n) is 14.2. The summed E-state index contributed by atoms with van der Waals surface area (Å²) in [7, 11) is 0. The largest absolute Gasteiger partial charge is 0.481 e. The first kappa shape index (κ1) is 17.4. The molecule has 2 heterocycles. The molecule has 1 fully saturated rings. The van der Waals surface area contributed by atoms with E-state index in [1.54, 1.807) is 23.1 Å². The molecule has 0 radical (unpaired) electrons. The van der Waals surface area contributed by atoms with Gasteiger partial charge in [0, 0.05) is 44.5 Å². The molecule has 2 aliphatic rings. The van der Waals surface area contributed by atoms with Gasteiger partial charge in [-0.3, -0.25) is 14.4 Å². The van der Waals surface area contributed by atoms with Crippen LogP contribution < -0.4 is 10.2 Å². The monoisotopic (exact) mass is 346 g/mol. The minimum Gasteiger partial charge on any atom is -0.481 e. The van der Waals surface area contributed by atoms with Crippen molar-refractivity contribution in [1.29, 1.82) is 0 Å². The lowest BCUT2D eigenvalue weighted by Gasteiger charge is -2.33. The van der Waals surface area contributed by atoms with Gasteiger partial charge in [0.15, 0.2) is 0 Å². The zero-order valence-corrected chi connectivity index (χ0v) is 14.2. The highest BCUT2D eigenvalue weighted by atomic mass is 16.5. The second kappa shape index (κ2) is 6.84. The van der Waals surface area contributed by atoms with E-state index in [0.717, 1.165) is 11.3 Å². The lowest BCUT2D eigenvalue weighted by Crippen LogP contribution is -2.46. The van der Waals surface area contributed by atoms with Crippen molar-refractivity contribution in [2.75, 3.05) is 31.2 Å². The van der Waals surface area contributed by atoms with E-state index in [2.05, 4.69) is 5.32 Å². The number of carbonyl (C=O) groups excluding carboxylic acids is 2. The fourth-order valence-corrected chi connectivity index (χ4v) is 3.45. The number of benzene rings is 1. The Hall–Kier alpha value is -2.41. The summed E-state index contributed by atoms with van der Waals surface area (Å²) in [6.07, 6.45) is 1.49. The van der Waals surface area contributed by atoms with Gasteiger partial charge >= 0.3 is 5.97 Å². The number of fused-ring (bicyclic) bond motifs is 1. The van der Waals surface area contributed by atoms with Crippen LogP contribution in [0.4, 0.5) is 5.69 Å². The summed E-state index contributed by atoms with van der Waals surface area (Å²) >= 11 is 0. The molecule has 3 rings (SSSR count). The van der Waals surface area contributed by atoms with E-state index in [1.165, 1.54) is 6.92 Å². The van der Waals surface area contributed by atoms with E-state index in [-0.39, 0.29) is 18.4 Å². The van der Waals surface area contributed by atoms with E-state index < -0.39 is 11.4 Å². The fourth-order valence-electron chi connectivity index (χ4n) is 3.45. The maximum atomic E-state index is 12.5. The number of rotatable bonds is 4. The third-order valence-corrected chi connectivity index (χ3v) is 5.11. The van der Waals surface area contributed by atoms with Gasteiger partial charge in [0.05, 0.1) is 5.41 Å². The summed E-state index contributed by atoms with van der Waals surface area (Å²) in [5.74, 6) is -1.21. The molecule has 0 bridgehead atoms. The van der Waals surface area contributed by atoms with Crippen molar-refractivity contribution in [2.45, 2.75) is 26.2 Å². The third-order valence-electron chi connectivity index (χ3n) is 5.11. The molecule has 0 atom stereocenters. The molecule has 7 heteroatoms. The van der Waals surface area contributed by atoms with E-state index in [0.29, 0.717) is 44.6 Å². The molecular formula is C18H22N2O5. The van der Waals surface area contributed by atoms with Crippen LogP contribution in [0, 0.1) is 5.41 Å². The van der Waals surface area contributed by atoms with E-state index in [1.807, 2.05) is 0 Å². The maximum absolute atomic E-state index is 12.5. The number of amides is 2. The first-order valence-electron chi connectivity index (χ1n) is 8.43. The minimum absolute atomic E-state index is 0.0149. The number of carboxylic acids is 1. The van der Waals surface area contributed by atoms with Crippen LogP contribution in [0.2, 0.25) is 0 Å². The normalized spacial score (nSPS) is 18.5. The summed E-state index contributed by atoms with van der Waals surface area (Å²) in [6, 6.07) is 5.23. The summed E-state index contributed by atoms with van der Waals surface area (Å²) in [6.45, 7) is 3.01. The van der Waals surface area contributed by atoms with Crippen molar-refractivity contribution in [3.63, 3.8) is 0 Å². The average molecular weight is 346 g/mol.